The maximum absolute atomic E-state index is 11.8. The summed E-state index contributed by atoms with van der Waals surface area (Å²) in [6.07, 6.45) is 12.6. The zero-order valence-electron chi connectivity index (χ0n) is 17.7. The van der Waals surface area contributed by atoms with E-state index in [2.05, 4.69) is 26.8 Å². The Morgan fingerprint density at radius 1 is 1.11 bits per heavy atom. The first-order valence-corrected chi connectivity index (χ1v) is 11.3. The van der Waals surface area contributed by atoms with Crippen LogP contribution in [0.4, 0.5) is 0 Å². The lowest BCUT2D eigenvalue weighted by Gasteiger charge is -2.60. The van der Waals surface area contributed by atoms with Crippen LogP contribution in [0.1, 0.15) is 85.0 Å². The third kappa shape index (κ3) is 3.11. The number of carboxylic acids is 1. The summed E-state index contributed by atoms with van der Waals surface area (Å²) < 4.78 is 5.52. The van der Waals surface area contributed by atoms with Gasteiger partial charge in [0, 0.05) is 0 Å². The van der Waals surface area contributed by atoms with Gasteiger partial charge in [0.05, 0.1) is 0 Å². The number of carbonyl (C=O) groups is 2. The largest absolute Gasteiger partial charge is 0.481 e. The highest BCUT2D eigenvalue weighted by molar-refractivity contribution is 5.90. The molecule has 4 aliphatic rings. The van der Waals surface area contributed by atoms with Gasteiger partial charge in [-0.2, -0.15) is 0 Å². The van der Waals surface area contributed by atoms with Crippen molar-refractivity contribution in [3.8, 4) is 0 Å². The predicted molar refractivity (Wildman–Crippen MR) is 108 cm³/mol. The molecule has 4 rings (SSSR count). The number of esters is 1. The van der Waals surface area contributed by atoms with Crippen LogP contribution < -0.4 is 0 Å². The van der Waals surface area contributed by atoms with Gasteiger partial charge in [0.25, 0.3) is 0 Å². The Labute approximate surface area is 169 Å². The molecular formula is C24H36O4. The molecule has 0 aromatic rings. The minimum absolute atomic E-state index is 0.0866. The summed E-state index contributed by atoms with van der Waals surface area (Å²) in [4.78, 5) is 22.5. The summed E-state index contributed by atoms with van der Waals surface area (Å²) in [5, 5.41) is 8.80. The first-order chi connectivity index (χ1) is 13.3. The van der Waals surface area contributed by atoms with Gasteiger partial charge in [0.2, 0.25) is 0 Å². The van der Waals surface area contributed by atoms with Crippen molar-refractivity contribution in [3.63, 3.8) is 0 Å². The van der Waals surface area contributed by atoms with E-state index in [1.165, 1.54) is 38.5 Å². The third-order valence-electron chi connectivity index (χ3n) is 9.41. The van der Waals surface area contributed by atoms with Gasteiger partial charge in [-0.15, -0.1) is 0 Å². The second-order valence-corrected chi connectivity index (χ2v) is 10.4. The maximum Gasteiger partial charge on any atom is 0.317 e. The average Bonchev–Trinajstić information content (AvgIpc) is 2.97. The molecule has 7 atom stereocenters. The molecule has 4 nitrogen and oxygen atoms in total. The van der Waals surface area contributed by atoms with Gasteiger partial charge < -0.3 is 9.84 Å². The van der Waals surface area contributed by atoms with Crippen molar-refractivity contribution in [2.75, 3.05) is 0 Å². The summed E-state index contributed by atoms with van der Waals surface area (Å²) in [7, 11) is 0. The number of aliphatic carboxylic acids is 1. The molecule has 0 aromatic heterocycles. The molecule has 0 amide bonds. The van der Waals surface area contributed by atoms with Crippen LogP contribution in [0.15, 0.2) is 11.6 Å². The highest BCUT2D eigenvalue weighted by Crippen LogP contribution is 2.67. The van der Waals surface area contributed by atoms with Gasteiger partial charge in [0.1, 0.15) is 12.5 Å². The van der Waals surface area contributed by atoms with Crippen molar-refractivity contribution in [3.05, 3.63) is 11.6 Å². The molecule has 156 valence electrons. The van der Waals surface area contributed by atoms with Crippen molar-refractivity contribution in [2.24, 2.45) is 34.5 Å². The Morgan fingerprint density at radius 3 is 2.61 bits per heavy atom. The van der Waals surface area contributed by atoms with Gasteiger partial charge in [-0.3, -0.25) is 9.59 Å². The van der Waals surface area contributed by atoms with Gasteiger partial charge in [-0.05, 0) is 99.2 Å². The van der Waals surface area contributed by atoms with Crippen LogP contribution in [0.3, 0.4) is 0 Å². The summed E-state index contributed by atoms with van der Waals surface area (Å²) in [6.45, 7) is 7.27. The fraction of sp³-hybridized carbons (Fsp3) is 0.833. The first kappa shape index (κ1) is 20.0. The highest BCUT2D eigenvalue weighted by atomic mass is 16.5. The van der Waals surface area contributed by atoms with Crippen LogP contribution in [0.25, 0.3) is 0 Å². The highest BCUT2D eigenvalue weighted by Gasteiger charge is 2.59. The van der Waals surface area contributed by atoms with Gasteiger partial charge in [-0.25, -0.2) is 0 Å². The molecule has 0 unspecified atom stereocenters. The molecule has 0 radical (unpaired) electrons. The van der Waals surface area contributed by atoms with E-state index >= 15 is 0 Å². The number of hydrogen-bond acceptors (Lipinski definition) is 3. The second-order valence-electron chi connectivity index (χ2n) is 10.4. The number of carboxylic acid groups (broad SMARTS) is 1. The monoisotopic (exact) mass is 388 g/mol. The minimum atomic E-state index is -1.10. The maximum atomic E-state index is 11.8. The van der Waals surface area contributed by atoms with Crippen molar-refractivity contribution >= 4 is 11.9 Å². The molecular weight excluding hydrogens is 352 g/mol. The topological polar surface area (TPSA) is 63.6 Å². The quantitative estimate of drug-likeness (QED) is 0.401. The summed E-state index contributed by atoms with van der Waals surface area (Å²) in [5.74, 6) is 1.43. The van der Waals surface area contributed by atoms with Crippen molar-refractivity contribution in [2.45, 2.75) is 91.1 Å². The lowest BCUT2D eigenvalue weighted by molar-refractivity contribution is -0.164. The van der Waals surface area contributed by atoms with E-state index in [0.29, 0.717) is 16.7 Å². The Bertz CT molecular complexity index is 682. The molecule has 0 saturated heterocycles. The van der Waals surface area contributed by atoms with Crippen molar-refractivity contribution < 1.29 is 19.4 Å². The Kier molecular flexibility index (Phi) is 5.12. The standard InChI is InChI=1S/C24H36O4/c1-4-15-6-8-19-18-7-5-16-13-17(28-22(27)14-21(25)26)9-11-24(16,3)20(18)10-12-23(15,19)2/h4,16-20H,5-14H2,1-3H3,(H,25,26)/b15-4-/t16-,17-,18+,19+,20+,23-,24+/m1/s1. The zero-order valence-corrected chi connectivity index (χ0v) is 17.7. The van der Waals surface area contributed by atoms with E-state index in [9.17, 15) is 9.59 Å². The van der Waals surface area contributed by atoms with Crippen molar-refractivity contribution in [1.82, 2.24) is 0 Å². The van der Waals surface area contributed by atoms with Crippen LogP contribution >= 0.6 is 0 Å². The zero-order chi connectivity index (χ0) is 20.1. The molecule has 28 heavy (non-hydrogen) atoms. The molecule has 4 heteroatoms. The van der Waals surface area contributed by atoms with Gasteiger partial charge >= 0.3 is 11.9 Å². The average molecular weight is 389 g/mol. The third-order valence-corrected chi connectivity index (χ3v) is 9.41. The second kappa shape index (κ2) is 7.18. The minimum Gasteiger partial charge on any atom is -0.481 e. The molecule has 0 aromatic carbocycles. The van der Waals surface area contributed by atoms with Gasteiger partial charge in [-0.1, -0.05) is 25.5 Å². The molecule has 0 heterocycles. The normalized spacial score (nSPS) is 46.4. The molecule has 0 bridgehead atoms. The smallest absolute Gasteiger partial charge is 0.317 e. The van der Waals surface area contributed by atoms with E-state index in [-0.39, 0.29) is 6.10 Å². The fourth-order valence-electron chi connectivity index (χ4n) is 8.00. The van der Waals surface area contributed by atoms with E-state index in [1.807, 2.05) is 0 Å². The summed E-state index contributed by atoms with van der Waals surface area (Å²) in [5.41, 5.74) is 2.50. The number of allylic oxidation sites excluding steroid dienone is 2. The number of ether oxygens (including phenoxy) is 1. The van der Waals surface area contributed by atoms with E-state index in [4.69, 9.17) is 9.84 Å². The Hall–Kier alpha value is -1.32. The lowest BCUT2D eigenvalue weighted by Crippen LogP contribution is -2.53. The van der Waals surface area contributed by atoms with Crippen LogP contribution in [0.5, 0.6) is 0 Å². The van der Waals surface area contributed by atoms with Crippen LogP contribution in [-0.4, -0.2) is 23.1 Å². The molecule has 4 aliphatic carbocycles. The van der Waals surface area contributed by atoms with Crippen LogP contribution in [-0.2, 0) is 14.3 Å². The van der Waals surface area contributed by atoms with E-state index in [1.54, 1.807) is 5.57 Å². The van der Waals surface area contributed by atoms with Gasteiger partial charge in [0.15, 0.2) is 0 Å². The predicted octanol–water partition coefficient (Wildman–Crippen LogP) is 5.36. The number of rotatable bonds is 3. The summed E-state index contributed by atoms with van der Waals surface area (Å²) in [6, 6.07) is 0. The summed E-state index contributed by atoms with van der Waals surface area (Å²) >= 11 is 0. The molecule has 4 fully saturated rings. The SMILES string of the molecule is C/C=C1/CC[C@H]2[C@@H]3CC[C@@H]4C[C@H](OC(=O)CC(=O)O)CC[C@]4(C)[C@H]3CC[C@]12C. The van der Waals surface area contributed by atoms with E-state index in [0.717, 1.165) is 37.0 Å². The molecule has 0 aliphatic heterocycles. The Morgan fingerprint density at radius 2 is 1.89 bits per heavy atom. The number of fused-ring (bicyclic) bond motifs is 5. The molecule has 0 spiro atoms. The number of carbonyl (C=O) groups excluding carboxylic acids is 1. The van der Waals surface area contributed by atoms with Crippen molar-refractivity contribution in [1.29, 1.82) is 0 Å². The van der Waals surface area contributed by atoms with Crippen LogP contribution in [0.2, 0.25) is 0 Å². The fourth-order valence-corrected chi connectivity index (χ4v) is 8.00. The first-order valence-electron chi connectivity index (χ1n) is 11.3. The van der Waals surface area contributed by atoms with E-state index < -0.39 is 18.4 Å². The Balaban J connectivity index is 1.46. The molecule has 1 N–H and O–H groups in total. The number of hydrogen-bond donors (Lipinski definition) is 1. The van der Waals surface area contributed by atoms with Crippen LogP contribution in [0, 0.1) is 34.5 Å². The molecule has 4 saturated carbocycles. The lowest BCUT2D eigenvalue weighted by atomic mass is 9.45.